The minimum absolute atomic E-state index is 0. The van der Waals surface area contributed by atoms with Crippen LogP contribution in [0, 0.1) is 5.82 Å². The summed E-state index contributed by atoms with van der Waals surface area (Å²) in [7, 11) is 3.86. The van der Waals surface area contributed by atoms with Gasteiger partial charge in [0.05, 0.1) is 6.61 Å². The van der Waals surface area contributed by atoms with E-state index in [4.69, 9.17) is 4.74 Å². The molecule has 0 saturated heterocycles. The summed E-state index contributed by atoms with van der Waals surface area (Å²) in [5.74, 6) is 1.38. The average Bonchev–Trinajstić information content (AvgIpc) is 3.14. The quantitative estimate of drug-likeness (QED) is 0.244. The first kappa shape index (κ1) is 22.7. The molecular weight excluding hydrogens is 464 g/mol. The fraction of sp³-hybridized carbons (Fsp3) is 0.421. The Morgan fingerprint density at radius 2 is 2.00 bits per heavy atom. The highest BCUT2D eigenvalue weighted by molar-refractivity contribution is 14.0. The lowest BCUT2D eigenvalue weighted by atomic mass is 10.3. The molecule has 0 aliphatic carbocycles. The average molecular weight is 491 g/mol. The van der Waals surface area contributed by atoms with Crippen molar-refractivity contribution in [3.05, 3.63) is 52.5 Å². The van der Waals surface area contributed by atoms with Crippen LogP contribution in [0.1, 0.15) is 17.7 Å². The molecule has 0 atom stereocenters. The van der Waals surface area contributed by atoms with Gasteiger partial charge >= 0.3 is 0 Å². The van der Waals surface area contributed by atoms with E-state index in [1.807, 2.05) is 7.05 Å². The van der Waals surface area contributed by atoms with Gasteiger partial charge in [-0.15, -0.1) is 35.3 Å². The Morgan fingerprint density at radius 1 is 1.23 bits per heavy atom. The number of hydrogen-bond acceptors (Lipinski definition) is 3. The smallest absolute Gasteiger partial charge is 0.193 e. The molecule has 0 aliphatic heterocycles. The molecule has 1 aromatic carbocycles. The number of benzene rings is 1. The minimum atomic E-state index is -0.244. The zero-order valence-corrected chi connectivity index (χ0v) is 18.4. The summed E-state index contributed by atoms with van der Waals surface area (Å²) in [6, 6.07) is 10.4. The summed E-state index contributed by atoms with van der Waals surface area (Å²) >= 11 is 1.79. The first-order chi connectivity index (χ1) is 12.2. The van der Waals surface area contributed by atoms with Crippen molar-refractivity contribution in [2.75, 3.05) is 33.8 Å². The van der Waals surface area contributed by atoms with Gasteiger partial charge < -0.3 is 15.0 Å². The molecule has 2 aromatic rings. The van der Waals surface area contributed by atoms with Crippen LogP contribution < -0.4 is 10.1 Å². The molecule has 4 nitrogen and oxygen atoms in total. The number of likely N-dealkylation sites (N-methyl/N-ethyl adjacent to an activating group) is 1. The van der Waals surface area contributed by atoms with Gasteiger partial charge in [-0.2, -0.15) is 0 Å². The third kappa shape index (κ3) is 8.35. The fourth-order valence-corrected chi connectivity index (χ4v) is 3.07. The molecule has 1 N–H and O–H groups in total. The molecule has 0 saturated carbocycles. The van der Waals surface area contributed by atoms with E-state index in [-0.39, 0.29) is 29.8 Å². The van der Waals surface area contributed by atoms with Crippen molar-refractivity contribution in [3.8, 4) is 5.75 Å². The minimum Gasteiger partial charge on any atom is -0.494 e. The maximum Gasteiger partial charge on any atom is 0.193 e. The van der Waals surface area contributed by atoms with Gasteiger partial charge in [-0.3, -0.25) is 4.99 Å². The molecule has 2 rings (SSSR count). The topological polar surface area (TPSA) is 36.9 Å². The normalized spacial score (nSPS) is 11.0. The van der Waals surface area contributed by atoms with Crippen molar-refractivity contribution in [2.45, 2.75) is 19.3 Å². The van der Waals surface area contributed by atoms with Gasteiger partial charge in [0.1, 0.15) is 11.6 Å². The zero-order chi connectivity index (χ0) is 17.9. The van der Waals surface area contributed by atoms with Crippen molar-refractivity contribution in [3.63, 3.8) is 0 Å². The number of guanidine groups is 1. The van der Waals surface area contributed by atoms with E-state index in [1.54, 1.807) is 23.5 Å². The summed E-state index contributed by atoms with van der Waals surface area (Å²) in [6.07, 6.45) is 2.94. The van der Waals surface area contributed by atoms with E-state index < -0.39 is 0 Å². The first-order valence-corrected chi connectivity index (χ1v) is 9.39. The number of ether oxygens (including phenoxy) is 1. The molecule has 0 aliphatic rings. The van der Waals surface area contributed by atoms with Crippen LogP contribution in [0.25, 0.3) is 0 Å². The summed E-state index contributed by atoms with van der Waals surface area (Å²) in [5, 5.41) is 5.49. The van der Waals surface area contributed by atoms with Crippen LogP contribution in [-0.4, -0.2) is 44.7 Å². The second-order valence-electron chi connectivity index (χ2n) is 5.73. The number of rotatable bonds is 9. The number of aliphatic imine (C=N–C) groups is 1. The molecule has 1 heterocycles. The number of hydrogen-bond donors (Lipinski definition) is 1. The molecule has 0 unspecified atom stereocenters. The highest BCUT2D eigenvalue weighted by Crippen LogP contribution is 2.11. The van der Waals surface area contributed by atoms with E-state index in [9.17, 15) is 4.39 Å². The van der Waals surface area contributed by atoms with Crippen LogP contribution in [-0.2, 0) is 6.42 Å². The molecular formula is C19H27FIN3OS. The molecule has 26 heavy (non-hydrogen) atoms. The summed E-state index contributed by atoms with van der Waals surface area (Å²) in [4.78, 5) is 7.87. The Labute approximate surface area is 176 Å². The Morgan fingerprint density at radius 3 is 2.65 bits per heavy atom. The second kappa shape index (κ2) is 12.9. The van der Waals surface area contributed by atoms with Gasteiger partial charge in [-0.05, 0) is 55.0 Å². The van der Waals surface area contributed by atoms with Gasteiger partial charge in [0.2, 0.25) is 0 Å². The SMILES string of the molecule is CN=C(NCCCCOc1ccc(F)cc1)N(C)CCc1cccs1.I. The standard InChI is InChI=1S/C19H26FN3OS.HI/c1-21-19(23(2)13-11-18-6-5-15-25-18)22-12-3-4-14-24-17-9-7-16(20)8-10-17;/h5-10,15H,3-4,11-14H2,1-2H3,(H,21,22);1H. The number of thiophene rings is 1. The highest BCUT2D eigenvalue weighted by atomic mass is 127. The Kier molecular flexibility index (Phi) is 11.3. The van der Waals surface area contributed by atoms with E-state index in [2.05, 4.69) is 39.8 Å². The molecule has 0 spiro atoms. The van der Waals surface area contributed by atoms with Gasteiger partial charge in [0.25, 0.3) is 0 Å². The first-order valence-electron chi connectivity index (χ1n) is 8.51. The Bertz CT molecular complexity index is 635. The highest BCUT2D eigenvalue weighted by Gasteiger charge is 2.05. The number of nitrogens with one attached hydrogen (secondary N) is 1. The lowest BCUT2D eigenvalue weighted by molar-refractivity contribution is 0.306. The van der Waals surface area contributed by atoms with E-state index in [0.717, 1.165) is 38.3 Å². The summed E-state index contributed by atoms with van der Waals surface area (Å²) < 4.78 is 18.4. The van der Waals surface area contributed by atoms with Crippen molar-refractivity contribution in [1.29, 1.82) is 0 Å². The molecule has 0 radical (unpaired) electrons. The van der Waals surface area contributed by atoms with Crippen molar-refractivity contribution >= 4 is 41.3 Å². The largest absolute Gasteiger partial charge is 0.494 e. The van der Waals surface area contributed by atoms with Crippen LogP contribution in [0.15, 0.2) is 46.8 Å². The lowest BCUT2D eigenvalue weighted by Gasteiger charge is -2.21. The monoisotopic (exact) mass is 491 g/mol. The van der Waals surface area contributed by atoms with Crippen LogP contribution in [0.5, 0.6) is 5.75 Å². The fourth-order valence-electron chi connectivity index (χ4n) is 2.37. The molecule has 0 fully saturated rings. The summed E-state index contributed by atoms with van der Waals surface area (Å²) in [5.41, 5.74) is 0. The van der Waals surface area contributed by atoms with Crippen LogP contribution in [0.2, 0.25) is 0 Å². The van der Waals surface area contributed by atoms with Crippen LogP contribution in [0.4, 0.5) is 4.39 Å². The third-order valence-electron chi connectivity index (χ3n) is 3.78. The maximum atomic E-state index is 12.8. The van der Waals surface area contributed by atoms with E-state index >= 15 is 0 Å². The third-order valence-corrected chi connectivity index (χ3v) is 4.72. The summed E-state index contributed by atoms with van der Waals surface area (Å²) in [6.45, 7) is 2.41. The van der Waals surface area contributed by atoms with Gasteiger partial charge in [0, 0.05) is 32.1 Å². The van der Waals surface area contributed by atoms with Crippen LogP contribution in [0.3, 0.4) is 0 Å². The van der Waals surface area contributed by atoms with Crippen molar-refractivity contribution in [1.82, 2.24) is 10.2 Å². The molecule has 7 heteroatoms. The molecule has 144 valence electrons. The Hall–Kier alpha value is -1.35. The lowest BCUT2D eigenvalue weighted by Crippen LogP contribution is -2.40. The number of unbranched alkanes of at least 4 members (excludes halogenated alkanes) is 1. The van der Waals surface area contributed by atoms with Gasteiger partial charge in [0.15, 0.2) is 5.96 Å². The van der Waals surface area contributed by atoms with E-state index in [1.165, 1.54) is 17.0 Å². The molecule has 1 aromatic heterocycles. The van der Waals surface area contributed by atoms with Crippen LogP contribution >= 0.6 is 35.3 Å². The van der Waals surface area contributed by atoms with E-state index in [0.29, 0.717) is 12.4 Å². The number of halogens is 2. The predicted octanol–water partition coefficient (Wildman–Crippen LogP) is 4.41. The van der Waals surface area contributed by atoms with Crippen molar-refractivity contribution < 1.29 is 9.13 Å². The van der Waals surface area contributed by atoms with Gasteiger partial charge in [-0.25, -0.2) is 4.39 Å². The molecule has 0 bridgehead atoms. The predicted molar refractivity (Wildman–Crippen MR) is 119 cm³/mol. The Balaban J connectivity index is 0.00000338. The number of nitrogens with zero attached hydrogens (tertiary/aromatic N) is 2. The zero-order valence-electron chi connectivity index (χ0n) is 15.3. The maximum absolute atomic E-state index is 12.8. The second-order valence-corrected chi connectivity index (χ2v) is 6.77. The van der Waals surface area contributed by atoms with Crippen molar-refractivity contribution in [2.24, 2.45) is 4.99 Å². The van der Waals surface area contributed by atoms with Gasteiger partial charge in [-0.1, -0.05) is 6.07 Å². The molecule has 0 amide bonds.